The Kier molecular flexibility index (Phi) is 2.99. The van der Waals surface area contributed by atoms with Gasteiger partial charge in [-0.25, -0.2) is 0 Å². The Morgan fingerprint density at radius 3 is 2.44 bits per heavy atom. The molecule has 1 aromatic heterocycles. The van der Waals surface area contributed by atoms with Gasteiger partial charge in [-0.1, -0.05) is 42.5 Å². The molecule has 3 rings (SSSR count). The van der Waals surface area contributed by atoms with Crippen LogP contribution in [0.1, 0.15) is 11.7 Å². The number of thiazole rings is 1. The topological polar surface area (TPSA) is 30.9 Å². The van der Waals surface area contributed by atoms with Crippen LogP contribution in [0.3, 0.4) is 0 Å². The first kappa shape index (κ1) is 11.6. The van der Waals surface area contributed by atoms with E-state index in [2.05, 4.69) is 12.1 Å². The van der Waals surface area contributed by atoms with Crippen molar-refractivity contribution in [3.05, 3.63) is 64.1 Å². The molecule has 0 saturated heterocycles. The highest BCUT2D eigenvalue weighted by Crippen LogP contribution is 2.27. The molecule has 0 aliphatic heterocycles. The molecule has 3 aromatic rings. The summed E-state index contributed by atoms with van der Waals surface area (Å²) in [5.74, 6) is 0. The van der Waals surface area contributed by atoms with Crippen molar-refractivity contribution in [2.24, 2.45) is 5.73 Å². The molecule has 2 aromatic carbocycles. The molecule has 0 bridgehead atoms. The molecule has 2 N–H and O–H groups in total. The van der Waals surface area contributed by atoms with Crippen LogP contribution < -0.4 is 5.73 Å². The lowest BCUT2D eigenvalue weighted by atomic mass is 10.2. The molecular formula is C14H12N2S2. The third-order valence-corrected chi connectivity index (χ3v) is 4.32. The molecule has 1 heterocycles. The standard InChI is InChI=1S/C14H12N2S2/c15-13(10-6-2-1-3-7-10)16-11-8-4-5-9-12(11)18-14(16)17/h1-9,13H,15H2. The summed E-state index contributed by atoms with van der Waals surface area (Å²) in [5, 5.41) is 0. The van der Waals surface area contributed by atoms with Gasteiger partial charge in [-0.2, -0.15) is 0 Å². The molecule has 0 fully saturated rings. The Hall–Kier alpha value is -1.49. The summed E-state index contributed by atoms with van der Waals surface area (Å²) in [6, 6.07) is 18.2. The Morgan fingerprint density at radius 2 is 1.67 bits per heavy atom. The minimum atomic E-state index is -0.227. The van der Waals surface area contributed by atoms with Crippen molar-refractivity contribution in [2.75, 3.05) is 0 Å². The minimum Gasteiger partial charge on any atom is -0.307 e. The zero-order valence-electron chi connectivity index (χ0n) is 9.61. The second-order valence-corrected chi connectivity index (χ2v) is 5.74. The van der Waals surface area contributed by atoms with Gasteiger partial charge in [0.2, 0.25) is 0 Å². The van der Waals surface area contributed by atoms with E-state index in [4.69, 9.17) is 18.0 Å². The van der Waals surface area contributed by atoms with Gasteiger partial charge in [-0.05, 0) is 29.9 Å². The monoisotopic (exact) mass is 272 g/mol. The first-order chi connectivity index (χ1) is 8.77. The summed E-state index contributed by atoms with van der Waals surface area (Å²) in [5.41, 5.74) is 8.50. The van der Waals surface area contributed by atoms with Crippen LogP contribution in [0.5, 0.6) is 0 Å². The minimum absolute atomic E-state index is 0.227. The lowest BCUT2D eigenvalue weighted by Gasteiger charge is -2.15. The Labute approximate surface area is 114 Å². The molecule has 18 heavy (non-hydrogen) atoms. The highest BCUT2D eigenvalue weighted by atomic mass is 32.1. The third kappa shape index (κ3) is 1.88. The zero-order valence-corrected chi connectivity index (χ0v) is 11.2. The summed E-state index contributed by atoms with van der Waals surface area (Å²) in [6.45, 7) is 0. The van der Waals surface area contributed by atoms with E-state index in [1.807, 2.05) is 47.0 Å². The van der Waals surface area contributed by atoms with E-state index in [0.29, 0.717) is 0 Å². The number of benzene rings is 2. The van der Waals surface area contributed by atoms with Gasteiger partial charge in [-0.15, -0.1) is 11.3 Å². The second kappa shape index (κ2) is 4.65. The van der Waals surface area contributed by atoms with Crippen molar-refractivity contribution in [3.63, 3.8) is 0 Å². The van der Waals surface area contributed by atoms with Crippen molar-refractivity contribution in [1.29, 1.82) is 0 Å². The highest BCUT2D eigenvalue weighted by molar-refractivity contribution is 7.73. The molecule has 1 atom stereocenters. The fourth-order valence-electron chi connectivity index (χ4n) is 2.05. The van der Waals surface area contributed by atoms with Crippen LogP contribution in [0, 0.1) is 3.95 Å². The number of rotatable bonds is 2. The fraction of sp³-hybridized carbons (Fsp3) is 0.0714. The van der Waals surface area contributed by atoms with Gasteiger partial charge >= 0.3 is 0 Å². The maximum absolute atomic E-state index is 6.33. The van der Waals surface area contributed by atoms with E-state index in [1.54, 1.807) is 11.3 Å². The number of aromatic nitrogens is 1. The van der Waals surface area contributed by atoms with Gasteiger partial charge in [-0.3, -0.25) is 0 Å². The van der Waals surface area contributed by atoms with E-state index in [-0.39, 0.29) is 6.17 Å². The number of nitrogens with two attached hydrogens (primary N) is 1. The summed E-state index contributed by atoms with van der Waals surface area (Å²) in [6.07, 6.45) is -0.227. The van der Waals surface area contributed by atoms with E-state index in [1.165, 1.54) is 4.70 Å². The third-order valence-electron chi connectivity index (χ3n) is 2.94. The average molecular weight is 272 g/mol. The highest BCUT2D eigenvalue weighted by Gasteiger charge is 2.12. The molecule has 0 saturated carbocycles. The molecule has 90 valence electrons. The fourth-order valence-corrected chi connectivity index (χ4v) is 3.44. The van der Waals surface area contributed by atoms with Gasteiger partial charge in [0.1, 0.15) is 6.17 Å². The predicted molar refractivity (Wildman–Crippen MR) is 79.4 cm³/mol. The first-order valence-corrected chi connectivity index (χ1v) is 6.90. The maximum atomic E-state index is 6.33. The number of hydrogen-bond acceptors (Lipinski definition) is 3. The lowest BCUT2D eigenvalue weighted by Crippen LogP contribution is -2.19. The molecule has 2 nitrogen and oxygen atoms in total. The Balaban J connectivity index is 2.20. The van der Waals surface area contributed by atoms with Crippen LogP contribution in [-0.4, -0.2) is 4.57 Å². The summed E-state index contributed by atoms with van der Waals surface area (Å²) in [4.78, 5) is 0. The molecule has 0 amide bonds. The summed E-state index contributed by atoms with van der Waals surface area (Å²) < 4.78 is 4.01. The van der Waals surface area contributed by atoms with E-state index < -0.39 is 0 Å². The van der Waals surface area contributed by atoms with E-state index in [9.17, 15) is 0 Å². The van der Waals surface area contributed by atoms with Crippen LogP contribution >= 0.6 is 23.6 Å². The molecule has 0 aliphatic carbocycles. The summed E-state index contributed by atoms with van der Waals surface area (Å²) >= 11 is 7.03. The van der Waals surface area contributed by atoms with E-state index in [0.717, 1.165) is 15.0 Å². The molecule has 0 aliphatic rings. The normalized spacial score (nSPS) is 12.7. The maximum Gasteiger partial charge on any atom is 0.163 e. The molecule has 4 heteroatoms. The van der Waals surface area contributed by atoms with Crippen LogP contribution in [0.25, 0.3) is 10.2 Å². The molecule has 0 spiro atoms. The van der Waals surface area contributed by atoms with Gasteiger partial charge in [0.25, 0.3) is 0 Å². The predicted octanol–water partition coefficient (Wildman–Crippen LogP) is 3.94. The van der Waals surface area contributed by atoms with Gasteiger partial charge < -0.3 is 10.3 Å². The van der Waals surface area contributed by atoms with Gasteiger partial charge in [0.05, 0.1) is 10.2 Å². The van der Waals surface area contributed by atoms with Crippen molar-refractivity contribution in [1.82, 2.24) is 4.57 Å². The average Bonchev–Trinajstić information content (AvgIpc) is 2.75. The van der Waals surface area contributed by atoms with Crippen LogP contribution in [0.2, 0.25) is 0 Å². The lowest BCUT2D eigenvalue weighted by molar-refractivity contribution is 0.630. The molecule has 1 unspecified atom stereocenters. The SMILES string of the molecule is NC(c1ccccc1)n1c(=S)sc2ccccc21. The number of hydrogen-bond donors (Lipinski definition) is 1. The number of fused-ring (bicyclic) bond motifs is 1. The van der Waals surface area contributed by atoms with Crippen LogP contribution in [0.15, 0.2) is 54.6 Å². The van der Waals surface area contributed by atoms with E-state index >= 15 is 0 Å². The summed E-state index contributed by atoms with van der Waals surface area (Å²) in [7, 11) is 0. The first-order valence-electron chi connectivity index (χ1n) is 5.68. The van der Waals surface area contributed by atoms with Crippen LogP contribution in [-0.2, 0) is 0 Å². The van der Waals surface area contributed by atoms with Crippen molar-refractivity contribution < 1.29 is 0 Å². The largest absolute Gasteiger partial charge is 0.307 e. The smallest absolute Gasteiger partial charge is 0.163 e. The van der Waals surface area contributed by atoms with Gasteiger partial charge in [0, 0.05) is 0 Å². The van der Waals surface area contributed by atoms with Crippen molar-refractivity contribution in [3.8, 4) is 0 Å². The van der Waals surface area contributed by atoms with Gasteiger partial charge in [0.15, 0.2) is 3.95 Å². The zero-order chi connectivity index (χ0) is 12.5. The van der Waals surface area contributed by atoms with Crippen molar-refractivity contribution >= 4 is 33.8 Å². The number of para-hydroxylation sites is 1. The van der Waals surface area contributed by atoms with Crippen LogP contribution in [0.4, 0.5) is 0 Å². The van der Waals surface area contributed by atoms with Crippen molar-refractivity contribution in [2.45, 2.75) is 6.17 Å². The quantitative estimate of drug-likeness (QED) is 0.716. The molecule has 0 radical (unpaired) electrons. The second-order valence-electron chi connectivity index (χ2n) is 4.06. The molecular weight excluding hydrogens is 260 g/mol. The Morgan fingerprint density at radius 1 is 1.00 bits per heavy atom. The number of nitrogens with zero attached hydrogens (tertiary/aromatic N) is 1. The Bertz CT molecular complexity index is 728.